The summed E-state index contributed by atoms with van der Waals surface area (Å²) in [5.74, 6) is 0. The first kappa shape index (κ1) is 11.7. The van der Waals surface area contributed by atoms with Gasteiger partial charge in [-0.15, -0.1) is 11.3 Å². The molecule has 0 fully saturated rings. The molecule has 0 saturated heterocycles. The molecule has 3 aromatic heterocycles. The number of hydrogen-bond donors (Lipinski definition) is 2. The lowest BCUT2D eigenvalue weighted by atomic mass is 10.3. The Morgan fingerprint density at radius 2 is 2.26 bits per heavy atom. The van der Waals surface area contributed by atoms with Crippen molar-refractivity contribution in [3.8, 4) is 0 Å². The third-order valence-corrected chi connectivity index (χ3v) is 3.39. The highest BCUT2D eigenvalue weighted by atomic mass is 32.1. The largest absolute Gasteiger partial charge is 0.332 e. The predicted octanol–water partition coefficient (Wildman–Crippen LogP) is 2.72. The minimum absolute atomic E-state index is 0.223. The molecule has 19 heavy (non-hydrogen) atoms. The number of nitrogens with one attached hydrogen (secondary N) is 2. The summed E-state index contributed by atoms with van der Waals surface area (Å²) in [7, 11) is 0. The van der Waals surface area contributed by atoms with Crippen LogP contribution in [0, 0.1) is 0 Å². The number of thiophene rings is 1. The zero-order valence-corrected chi connectivity index (χ0v) is 10.9. The van der Waals surface area contributed by atoms with E-state index in [1.807, 2.05) is 48.0 Å². The lowest BCUT2D eigenvalue weighted by Crippen LogP contribution is -2.27. The Hall–Kier alpha value is -2.34. The van der Waals surface area contributed by atoms with Crippen molar-refractivity contribution in [3.05, 3.63) is 53.7 Å². The van der Waals surface area contributed by atoms with Gasteiger partial charge in [0.15, 0.2) is 0 Å². The van der Waals surface area contributed by atoms with Crippen LogP contribution in [0.2, 0.25) is 0 Å². The standard InChI is InChI=1S/C13H12N4OS/c18-13(15-12-5-3-7-19-12)14-9-10-8-11-4-1-2-6-17(11)16-10/h1-8H,9H2,(H2,14,15,18). The van der Waals surface area contributed by atoms with E-state index in [-0.39, 0.29) is 6.03 Å². The fourth-order valence-corrected chi connectivity index (χ4v) is 2.37. The van der Waals surface area contributed by atoms with Crippen LogP contribution in [0.4, 0.5) is 9.80 Å². The Morgan fingerprint density at radius 1 is 1.32 bits per heavy atom. The van der Waals surface area contributed by atoms with E-state index in [1.54, 1.807) is 4.52 Å². The van der Waals surface area contributed by atoms with E-state index in [1.165, 1.54) is 11.3 Å². The highest BCUT2D eigenvalue weighted by Crippen LogP contribution is 2.14. The van der Waals surface area contributed by atoms with Gasteiger partial charge in [0, 0.05) is 6.20 Å². The molecule has 0 atom stereocenters. The van der Waals surface area contributed by atoms with E-state index in [0.717, 1.165) is 16.2 Å². The van der Waals surface area contributed by atoms with Gasteiger partial charge in [0.1, 0.15) is 0 Å². The quantitative estimate of drug-likeness (QED) is 0.770. The maximum atomic E-state index is 11.6. The molecule has 5 nitrogen and oxygen atoms in total. The molecule has 0 aliphatic rings. The Labute approximate surface area is 113 Å². The Kier molecular flexibility index (Phi) is 3.16. The van der Waals surface area contributed by atoms with Gasteiger partial charge in [-0.2, -0.15) is 5.10 Å². The molecule has 3 aromatic rings. The molecule has 2 amide bonds. The number of fused-ring (bicyclic) bond motifs is 1. The van der Waals surface area contributed by atoms with Crippen LogP contribution in [-0.4, -0.2) is 15.6 Å². The third kappa shape index (κ3) is 2.74. The second kappa shape index (κ2) is 5.11. The van der Waals surface area contributed by atoms with Crippen molar-refractivity contribution in [3.63, 3.8) is 0 Å². The number of anilines is 1. The smallest absolute Gasteiger partial charge is 0.320 e. The first-order valence-corrected chi connectivity index (χ1v) is 6.71. The number of urea groups is 1. The molecule has 0 saturated carbocycles. The second-order valence-electron chi connectivity index (χ2n) is 3.99. The van der Waals surface area contributed by atoms with Gasteiger partial charge in [-0.3, -0.25) is 5.32 Å². The molecule has 3 heterocycles. The monoisotopic (exact) mass is 272 g/mol. The number of hydrogen-bond acceptors (Lipinski definition) is 3. The van der Waals surface area contributed by atoms with E-state index >= 15 is 0 Å². The van der Waals surface area contributed by atoms with Gasteiger partial charge in [-0.25, -0.2) is 9.31 Å². The van der Waals surface area contributed by atoms with Gasteiger partial charge in [0.05, 0.1) is 22.8 Å². The van der Waals surface area contributed by atoms with Crippen molar-refractivity contribution in [1.29, 1.82) is 0 Å². The fourth-order valence-electron chi connectivity index (χ4n) is 1.75. The minimum Gasteiger partial charge on any atom is -0.332 e. The molecule has 0 aliphatic carbocycles. The molecule has 2 N–H and O–H groups in total. The van der Waals surface area contributed by atoms with E-state index < -0.39 is 0 Å². The Balaban J connectivity index is 1.61. The van der Waals surface area contributed by atoms with E-state index in [4.69, 9.17) is 0 Å². The van der Waals surface area contributed by atoms with Crippen LogP contribution in [0.15, 0.2) is 48.0 Å². The second-order valence-corrected chi connectivity index (χ2v) is 4.94. The zero-order valence-electron chi connectivity index (χ0n) is 10.0. The van der Waals surface area contributed by atoms with Gasteiger partial charge in [-0.05, 0) is 35.7 Å². The summed E-state index contributed by atoms with van der Waals surface area (Å²) in [6.45, 7) is 0.402. The van der Waals surface area contributed by atoms with Crippen LogP contribution in [0.3, 0.4) is 0 Å². The lowest BCUT2D eigenvalue weighted by molar-refractivity contribution is 0.251. The van der Waals surface area contributed by atoms with Gasteiger partial charge in [-0.1, -0.05) is 6.07 Å². The van der Waals surface area contributed by atoms with Crippen LogP contribution in [-0.2, 0) is 6.54 Å². The molecule has 6 heteroatoms. The summed E-state index contributed by atoms with van der Waals surface area (Å²) in [6.07, 6.45) is 1.88. The maximum absolute atomic E-state index is 11.6. The van der Waals surface area contributed by atoms with Crippen LogP contribution in [0.5, 0.6) is 0 Å². The number of aromatic nitrogens is 2. The van der Waals surface area contributed by atoms with E-state index in [2.05, 4.69) is 15.7 Å². The molecule has 0 aliphatic heterocycles. The number of rotatable bonds is 3. The van der Waals surface area contributed by atoms with Gasteiger partial charge in [0.25, 0.3) is 0 Å². The SMILES string of the molecule is O=C(NCc1cc2ccccn2n1)Nc1cccs1. The summed E-state index contributed by atoms with van der Waals surface area (Å²) in [5, 5.41) is 12.6. The molecule has 96 valence electrons. The van der Waals surface area contributed by atoms with E-state index in [9.17, 15) is 4.79 Å². The molecular formula is C13H12N4OS. The highest BCUT2D eigenvalue weighted by molar-refractivity contribution is 7.14. The number of amides is 2. The van der Waals surface area contributed by atoms with Crippen molar-refractivity contribution in [2.45, 2.75) is 6.54 Å². The van der Waals surface area contributed by atoms with Gasteiger partial charge >= 0.3 is 6.03 Å². The van der Waals surface area contributed by atoms with Crippen molar-refractivity contribution >= 4 is 27.9 Å². The summed E-state index contributed by atoms with van der Waals surface area (Å²) < 4.78 is 1.79. The molecule has 0 aromatic carbocycles. The fraction of sp³-hybridized carbons (Fsp3) is 0.0769. The first-order chi connectivity index (χ1) is 9.31. The van der Waals surface area contributed by atoms with Crippen molar-refractivity contribution in [2.75, 3.05) is 5.32 Å². The summed E-state index contributed by atoms with van der Waals surface area (Å²) in [6, 6.07) is 11.3. The predicted molar refractivity (Wildman–Crippen MR) is 75.4 cm³/mol. The molecule has 0 radical (unpaired) electrons. The van der Waals surface area contributed by atoms with Crippen molar-refractivity contribution < 1.29 is 4.79 Å². The van der Waals surface area contributed by atoms with Crippen LogP contribution in [0.25, 0.3) is 5.52 Å². The molecule has 3 rings (SSSR count). The first-order valence-electron chi connectivity index (χ1n) is 5.83. The maximum Gasteiger partial charge on any atom is 0.320 e. The topological polar surface area (TPSA) is 58.4 Å². The summed E-state index contributed by atoms with van der Waals surface area (Å²) >= 11 is 1.49. The van der Waals surface area contributed by atoms with Crippen molar-refractivity contribution in [2.24, 2.45) is 0 Å². The molecular weight excluding hydrogens is 260 g/mol. The average Bonchev–Trinajstić information content (AvgIpc) is 3.04. The molecule has 0 spiro atoms. The minimum atomic E-state index is -0.223. The van der Waals surface area contributed by atoms with Crippen LogP contribution < -0.4 is 10.6 Å². The van der Waals surface area contributed by atoms with Crippen LogP contribution in [0.1, 0.15) is 5.69 Å². The Morgan fingerprint density at radius 3 is 3.05 bits per heavy atom. The number of carbonyl (C=O) groups is 1. The normalized spacial score (nSPS) is 10.5. The Bertz CT molecular complexity index is 657. The molecule has 0 unspecified atom stereocenters. The summed E-state index contributed by atoms with van der Waals surface area (Å²) in [5.41, 5.74) is 1.84. The third-order valence-electron chi connectivity index (χ3n) is 2.61. The number of pyridine rings is 1. The van der Waals surface area contributed by atoms with Crippen molar-refractivity contribution in [1.82, 2.24) is 14.9 Å². The van der Waals surface area contributed by atoms with Gasteiger partial charge < -0.3 is 5.32 Å². The average molecular weight is 272 g/mol. The number of carbonyl (C=O) groups excluding carboxylic acids is 1. The summed E-state index contributed by atoms with van der Waals surface area (Å²) in [4.78, 5) is 11.6. The zero-order chi connectivity index (χ0) is 13.1. The van der Waals surface area contributed by atoms with Crippen LogP contribution >= 0.6 is 11.3 Å². The number of nitrogens with zero attached hydrogens (tertiary/aromatic N) is 2. The van der Waals surface area contributed by atoms with E-state index in [0.29, 0.717) is 6.54 Å². The lowest BCUT2D eigenvalue weighted by Gasteiger charge is -2.03. The highest BCUT2D eigenvalue weighted by Gasteiger charge is 2.04. The van der Waals surface area contributed by atoms with Gasteiger partial charge in [0.2, 0.25) is 0 Å². The molecule has 0 bridgehead atoms.